The van der Waals surface area contributed by atoms with Crippen molar-refractivity contribution < 1.29 is 0 Å². The molecule has 6 aromatic carbocycles. The molecule has 0 bridgehead atoms. The molecule has 6 aromatic rings. The second-order valence-corrected chi connectivity index (χ2v) is 9.68. The van der Waals surface area contributed by atoms with Gasteiger partial charge >= 0.3 is 0 Å². The van der Waals surface area contributed by atoms with E-state index in [1.54, 1.807) is 0 Å². The van der Waals surface area contributed by atoms with Crippen LogP contribution in [-0.2, 0) is 5.41 Å². The van der Waals surface area contributed by atoms with Crippen molar-refractivity contribution in [1.82, 2.24) is 0 Å². The highest BCUT2D eigenvalue weighted by Gasteiger charge is 2.51. The predicted molar refractivity (Wildman–Crippen MR) is 146 cm³/mol. The summed E-state index contributed by atoms with van der Waals surface area (Å²) in [6.45, 7) is 0. The summed E-state index contributed by atoms with van der Waals surface area (Å²) in [4.78, 5) is 0. The molecule has 35 heavy (non-hydrogen) atoms. The van der Waals surface area contributed by atoms with Crippen LogP contribution in [0.1, 0.15) is 22.3 Å². The van der Waals surface area contributed by atoms with Crippen LogP contribution in [0, 0.1) is 0 Å². The van der Waals surface area contributed by atoms with Crippen molar-refractivity contribution in [3.05, 3.63) is 156 Å². The van der Waals surface area contributed by atoms with Crippen molar-refractivity contribution in [2.75, 3.05) is 0 Å². The van der Waals surface area contributed by atoms with Crippen LogP contribution in [0.4, 0.5) is 0 Å². The van der Waals surface area contributed by atoms with E-state index in [9.17, 15) is 0 Å². The summed E-state index contributed by atoms with van der Waals surface area (Å²) in [5.74, 6) is 0. The van der Waals surface area contributed by atoms with E-state index in [-0.39, 0.29) is 5.41 Å². The molecule has 0 nitrogen and oxygen atoms in total. The summed E-state index contributed by atoms with van der Waals surface area (Å²) in [7, 11) is 0. The molecule has 0 unspecified atom stereocenters. The predicted octanol–water partition coefficient (Wildman–Crippen LogP) is 8.85. The largest absolute Gasteiger partial charge is 0.0725 e. The Balaban J connectivity index is 1.58. The molecule has 2 aliphatic carbocycles. The first-order chi connectivity index (χ1) is 17.4. The highest BCUT2D eigenvalue weighted by Crippen LogP contribution is 2.63. The number of hydrogen-bond acceptors (Lipinski definition) is 0. The smallest absolute Gasteiger partial charge is 0.0622 e. The molecule has 0 heterocycles. The van der Waals surface area contributed by atoms with E-state index in [0.717, 1.165) is 0 Å². The number of rotatable bonds is 1. The van der Waals surface area contributed by atoms with Crippen LogP contribution in [0.15, 0.2) is 133 Å². The van der Waals surface area contributed by atoms with Crippen LogP contribution in [0.25, 0.3) is 44.2 Å². The zero-order valence-corrected chi connectivity index (χ0v) is 19.2. The van der Waals surface area contributed by atoms with Crippen LogP contribution in [0.5, 0.6) is 0 Å². The molecule has 0 aliphatic heterocycles. The molecule has 8 rings (SSSR count). The highest BCUT2D eigenvalue weighted by atomic mass is 14.5. The fraction of sp³-hybridized carbons (Fsp3) is 0.0286. The summed E-state index contributed by atoms with van der Waals surface area (Å²) in [5, 5.41) is 2.62. The van der Waals surface area contributed by atoms with Gasteiger partial charge in [0.2, 0.25) is 0 Å². The minimum atomic E-state index is -0.313. The van der Waals surface area contributed by atoms with Crippen molar-refractivity contribution >= 4 is 10.8 Å². The molecule has 0 N–H and O–H groups in total. The van der Waals surface area contributed by atoms with Gasteiger partial charge in [0.1, 0.15) is 0 Å². The van der Waals surface area contributed by atoms with Crippen LogP contribution in [-0.4, -0.2) is 0 Å². The minimum absolute atomic E-state index is 0.313. The summed E-state index contributed by atoms with van der Waals surface area (Å²) in [6, 6.07) is 49.4. The van der Waals surface area contributed by atoms with Gasteiger partial charge in [-0.05, 0) is 72.5 Å². The van der Waals surface area contributed by atoms with E-state index in [4.69, 9.17) is 0 Å². The lowest BCUT2D eigenvalue weighted by Gasteiger charge is -2.30. The number of fused-ring (bicyclic) bond motifs is 12. The van der Waals surface area contributed by atoms with Crippen molar-refractivity contribution in [3.8, 4) is 33.4 Å². The first-order valence-corrected chi connectivity index (χ1v) is 12.3. The second-order valence-electron chi connectivity index (χ2n) is 9.68. The molecule has 1 spiro atoms. The van der Waals surface area contributed by atoms with Gasteiger partial charge in [0, 0.05) is 0 Å². The molecule has 0 heteroatoms. The third-order valence-electron chi connectivity index (χ3n) is 8.09. The molecule has 0 amide bonds. The van der Waals surface area contributed by atoms with E-state index in [2.05, 4.69) is 133 Å². The Bertz CT molecular complexity index is 1740. The van der Waals surface area contributed by atoms with Crippen LogP contribution in [0.2, 0.25) is 0 Å². The lowest BCUT2D eigenvalue weighted by molar-refractivity contribution is 0.795. The molecular weight excluding hydrogens is 420 g/mol. The number of hydrogen-bond donors (Lipinski definition) is 0. The Morgan fingerprint density at radius 1 is 0.371 bits per heavy atom. The Morgan fingerprint density at radius 2 is 1.03 bits per heavy atom. The average molecular weight is 443 g/mol. The molecule has 0 fully saturated rings. The van der Waals surface area contributed by atoms with Crippen molar-refractivity contribution in [2.24, 2.45) is 0 Å². The van der Waals surface area contributed by atoms with Gasteiger partial charge in [0.25, 0.3) is 0 Å². The Morgan fingerprint density at radius 3 is 1.80 bits per heavy atom. The molecule has 0 saturated carbocycles. The van der Waals surface area contributed by atoms with Gasteiger partial charge in [0.05, 0.1) is 5.41 Å². The third-order valence-corrected chi connectivity index (χ3v) is 8.09. The summed E-state index contributed by atoms with van der Waals surface area (Å²) < 4.78 is 0. The van der Waals surface area contributed by atoms with Crippen LogP contribution in [0.3, 0.4) is 0 Å². The maximum Gasteiger partial charge on any atom is 0.0725 e. The topological polar surface area (TPSA) is 0 Å². The van der Waals surface area contributed by atoms with Gasteiger partial charge in [0.15, 0.2) is 0 Å². The SMILES string of the molecule is c1ccc(-c2ccc3c(c2)C2(c4ccccc4-c4ccccc42)c2ccc4ccccc4c2-3)cc1. The third kappa shape index (κ3) is 2.32. The van der Waals surface area contributed by atoms with E-state index in [1.807, 2.05) is 0 Å². The van der Waals surface area contributed by atoms with E-state index in [0.29, 0.717) is 0 Å². The van der Waals surface area contributed by atoms with E-state index < -0.39 is 0 Å². The lowest BCUT2D eigenvalue weighted by Crippen LogP contribution is -2.25. The standard InChI is InChI=1S/C35H22/c1-2-10-23(11-3-1)25-18-20-29-33(22-25)35(32-21-19-24-12-4-5-13-26(24)34(29)32)30-16-8-6-14-27(30)28-15-7-9-17-31(28)35/h1-22H. The van der Waals surface area contributed by atoms with Gasteiger partial charge in [-0.1, -0.05) is 127 Å². The normalized spacial score (nSPS) is 13.9. The molecule has 162 valence electrons. The van der Waals surface area contributed by atoms with Crippen molar-refractivity contribution in [2.45, 2.75) is 5.41 Å². The fourth-order valence-electron chi connectivity index (χ4n) is 6.72. The van der Waals surface area contributed by atoms with E-state index in [1.165, 1.54) is 66.4 Å². The van der Waals surface area contributed by atoms with Gasteiger partial charge in [-0.15, -0.1) is 0 Å². The summed E-state index contributed by atoms with van der Waals surface area (Å²) >= 11 is 0. The van der Waals surface area contributed by atoms with Gasteiger partial charge < -0.3 is 0 Å². The molecular formula is C35H22. The average Bonchev–Trinajstić information content (AvgIpc) is 3.41. The minimum Gasteiger partial charge on any atom is -0.0622 e. The summed E-state index contributed by atoms with van der Waals surface area (Å²) in [6.07, 6.45) is 0. The Labute approximate surface area is 205 Å². The molecule has 0 aromatic heterocycles. The fourth-order valence-corrected chi connectivity index (χ4v) is 6.72. The Hall–Kier alpha value is -4.42. The van der Waals surface area contributed by atoms with Crippen molar-refractivity contribution in [1.29, 1.82) is 0 Å². The quantitative estimate of drug-likeness (QED) is 0.238. The second kappa shape index (κ2) is 6.81. The van der Waals surface area contributed by atoms with Gasteiger partial charge in [-0.25, -0.2) is 0 Å². The zero-order chi connectivity index (χ0) is 23.0. The zero-order valence-electron chi connectivity index (χ0n) is 19.2. The maximum absolute atomic E-state index is 2.46. The van der Waals surface area contributed by atoms with Gasteiger partial charge in [-0.3, -0.25) is 0 Å². The number of benzene rings is 6. The van der Waals surface area contributed by atoms with Crippen LogP contribution < -0.4 is 0 Å². The van der Waals surface area contributed by atoms with E-state index >= 15 is 0 Å². The first kappa shape index (κ1) is 18.9. The molecule has 2 aliphatic rings. The highest BCUT2D eigenvalue weighted by molar-refractivity contribution is 6.06. The van der Waals surface area contributed by atoms with Crippen LogP contribution >= 0.6 is 0 Å². The Kier molecular flexibility index (Phi) is 3.68. The monoisotopic (exact) mass is 442 g/mol. The molecule has 0 radical (unpaired) electrons. The first-order valence-electron chi connectivity index (χ1n) is 12.3. The van der Waals surface area contributed by atoms with Gasteiger partial charge in [-0.2, -0.15) is 0 Å². The molecule has 0 saturated heterocycles. The summed E-state index contributed by atoms with van der Waals surface area (Å²) in [5.41, 5.74) is 13.2. The molecule has 0 atom stereocenters. The maximum atomic E-state index is 2.46. The van der Waals surface area contributed by atoms with Crippen molar-refractivity contribution in [3.63, 3.8) is 0 Å². The lowest BCUT2D eigenvalue weighted by atomic mass is 9.70.